The van der Waals surface area contributed by atoms with Crippen molar-refractivity contribution in [2.45, 2.75) is 6.92 Å². The lowest BCUT2D eigenvalue weighted by Gasteiger charge is -2.31. The van der Waals surface area contributed by atoms with Crippen LogP contribution >= 0.6 is 11.3 Å². The third kappa shape index (κ3) is 3.72. The van der Waals surface area contributed by atoms with E-state index in [4.69, 9.17) is 4.98 Å². The number of amides is 1. The van der Waals surface area contributed by atoms with Crippen molar-refractivity contribution in [2.24, 2.45) is 0 Å². The molecule has 6 nitrogen and oxygen atoms in total. The van der Waals surface area contributed by atoms with Crippen LogP contribution in [0, 0.1) is 6.92 Å². The van der Waals surface area contributed by atoms with Gasteiger partial charge in [0.15, 0.2) is 0 Å². The largest absolute Gasteiger partial charge is 0.350 e. The van der Waals surface area contributed by atoms with Gasteiger partial charge in [-0.2, -0.15) is 0 Å². The third-order valence-corrected chi connectivity index (χ3v) is 6.19. The molecule has 3 heterocycles. The summed E-state index contributed by atoms with van der Waals surface area (Å²) in [7, 11) is 4.13. The van der Waals surface area contributed by atoms with E-state index in [9.17, 15) is 4.79 Å². The molecule has 1 amide bonds. The van der Waals surface area contributed by atoms with Crippen molar-refractivity contribution >= 4 is 33.3 Å². The summed E-state index contributed by atoms with van der Waals surface area (Å²) in [4.78, 5) is 28.6. The second kappa shape index (κ2) is 7.85. The highest BCUT2D eigenvalue weighted by molar-refractivity contribution is 7.17. The quantitative estimate of drug-likeness (QED) is 0.726. The van der Waals surface area contributed by atoms with Crippen LogP contribution in [0.3, 0.4) is 0 Å². The molecule has 7 heteroatoms. The summed E-state index contributed by atoms with van der Waals surface area (Å²) in [5, 5.41) is 3.16. The van der Waals surface area contributed by atoms with E-state index in [0.29, 0.717) is 6.54 Å². The number of likely N-dealkylation sites (N-methyl/N-ethyl adjacent to an activating group) is 2. The van der Waals surface area contributed by atoms with Crippen molar-refractivity contribution in [3.8, 4) is 11.1 Å². The molecule has 2 aromatic heterocycles. The van der Waals surface area contributed by atoms with Crippen LogP contribution in [0.5, 0.6) is 0 Å². The number of rotatable bonds is 4. The highest BCUT2D eigenvalue weighted by Gasteiger charge is 2.24. The fourth-order valence-corrected chi connectivity index (χ4v) is 4.64. The monoisotopic (exact) mass is 396 g/mol. The number of anilines is 1. The average molecular weight is 397 g/mol. The molecule has 0 radical (unpaired) electrons. The summed E-state index contributed by atoms with van der Waals surface area (Å²) >= 11 is 1.63. The predicted octanol–water partition coefficient (Wildman–Crippen LogP) is 1.46. The molecular weight excluding hydrogens is 370 g/mol. The molecule has 3 aromatic rings. The molecule has 0 unspecified atom stereocenters. The Kier molecular flexibility index (Phi) is 5.28. The molecule has 4 rings (SSSR count). The zero-order valence-electron chi connectivity index (χ0n) is 16.6. The van der Waals surface area contributed by atoms with E-state index >= 15 is 0 Å². The number of carbonyl (C=O) groups is 1. The Balaban J connectivity index is 1.65. The minimum Gasteiger partial charge on any atom is -0.350 e. The number of hydrogen-bond acceptors (Lipinski definition) is 5. The Bertz CT molecular complexity index is 979. The van der Waals surface area contributed by atoms with Crippen LogP contribution in [0.15, 0.2) is 35.7 Å². The van der Waals surface area contributed by atoms with Crippen molar-refractivity contribution in [3.05, 3.63) is 41.5 Å². The fourth-order valence-electron chi connectivity index (χ4n) is 3.65. The third-order valence-electron chi connectivity index (χ3n) is 5.31. The molecule has 0 spiro atoms. The van der Waals surface area contributed by atoms with Gasteiger partial charge in [0.1, 0.15) is 16.5 Å². The van der Waals surface area contributed by atoms with E-state index in [2.05, 4.69) is 29.5 Å². The molecule has 1 aromatic carbocycles. The maximum Gasteiger partial charge on any atom is 0.242 e. The maximum atomic E-state index is 12.8. The molecule has 1 fully saturated rings. The van der Waals surface area contributed by atoms with Gasteiger partial charge in [-0.3, -0.25) is 4.79 Å². The summed E-state index contributed by atoms with van der Waals surface area (Å²) < 4.78 is 0. The number of hydrogen-bond donors (Lipinski definition) is 1. The van der Waals surface area contributed by atoms with Gasteiger partial charge in [-0.25, -0.2) is 9.97 Å². The molecule has 0 aliphatic carbocycles. The lowest BCUT2D eigenvalue weighted by molar-refractivity contribution is -0.883. The Hall–Kier alpha value is -2.51. The molecule has 1 aliphatic heterocycles. The number of nitrogens with zero attached hydrogens (tertiary/aromatic N) is 4. The molecule has 0 bridgehead atoms. The van der Waals surface area contributed by atoms with Crippen molar-refractivity contribution in [1.29, 1.82) is 0 Å². The minimum atomic E-state index is 0.163. The van der Waals surface area contributed by atoms with E-state index in [0.717, 1.165) is 59.2 Å². The fraction of sp³-hybridized carbons (Fsp3) is 0.381. The van der Waals surface area contributed by atoms with Gasteiger partial charge in [0, 0.05) is 18.0 Å². The maximum absolute atomic E-state index is 12.8. The van der Waals surface area contributed by atoms with Crippen molar-refractivity contribution in [3.63, 3.8) is 0 Å². The number of nitrogens with one attached hydrogen (secondary N) is 1. The van der Waals surface area contributed by atoms with Gasteiger partial charge in [-0.1, -0.05) is 30.3 Å². The summed E-state index contributed by atoms with van der Waals surface area (Å²) in [6.45, 7) is 5.90. The van der Waals surface area contributed by atoms with Crippen LogP contribution in [0.1, 0.15) is 5.82 Å². The number of carbonyl (C=O) groups excluding carboxylic acids is 1. The first-order valence-electron chi connectivity index (χ1n) is 9.64. The number of fused-ring (bicyclic) bond motifs is 1. The minimum absolute atomic E-state index is 0.163. The molecule has 1 aliphatic rings. The number of aryl methyl sites for hydroxylation is 1. The van der Waals surface area contributed by atoms with Gasteiger partial charge >= 0.3 is 0 Å². The van der Waals surface area contributed by atoms with Crippen LogP contribution < -0.4 is 9.80 Å². The van der Waals surface area contributed by atoms with Crippen molar-refractivity contribution in [2.75, 3.05) is 51.7 Å². The predicted molar refractivity (Wildman–Crippen MR) is 114 cm³/mol. The first-order chi connectivity index (χ1) is 13.5. The van der Waals surface area contributed by atoms with Crippen molar-refractivity contribution in [1.82, 2.24) is 14.9 Å². The van der Waals surface area contributed by atoms with Crippen LogP contribution in [0.2, 0.25) is 0 Å². The van der Waals surface area contributed by atoms with Crippen molar-refractivity contribution < 1.29 is 9.69 Å². The normalized spacial score (nSPS) is 15.2. The Morgan fingerprint density at radius 3 is 2.64 bits per heavy atom. The standard InChI is InChI=1S/C21H25N5OS/c1-15-22-20(25(3)13-18(27)26-11-9-24(2)10-12-26)19-17(14-28-21(19)23-15)16-7-5-4-6-8-16/h4-8,14H,9-13H2,1-3H3/p+1. The highest BCUT2D eigenvalue weighted by Crippen LogP contribution is 2.37. The van der Waals surface area contributed by atoms with Gasteiger partial charge in [-0.05, 0) is 12.5 Å². The van der Waals surface area contributed by atoms with Gasteiger partial charge in [0.05, 0.1) is 45.2 Å². The average Bonchev–Trinajstić information content (AvgIpc) is 3.12. The van der Waals surface area contributed by atoms with E-state index in [1.165, 1.54) is 4.90 Å². The molecule has 1 saturated heterocycles. The molecule has 0 saturated carbocycles. The van der Waals surface area contributed by atoms with Gasteiger partial charge in [-0.15, -0.1) is 11.3 Å². The lowest BCUT2D eigenvalue weighted by atomic mass is 10.1. The Labute approximate surface area is 169 Å². The van der Waals surface area contributed by atoms with E-state index in [-0.39, 0.29) is 5.91 Å². The zero-order chi connectivity index (χ0) is 19.7. The first kappa shape index (κ1) is 18.8. The van der Waals surface area contributed by atoms with Crippen LogP contribution in [-0.2, 0) is 4.79 Å². The van der Waals surface area contributed by atoms with Gasteiger partial charge < -0.3 is 14.7 Å². The topological polar surface area (TPSA) is 53.8 Å². The van der Waals surface area contributed by atoms with Gasteiger partial charge in [0.25, 0.3) is 0 Å². The SMILES string of the molecule is Cc1nc(N(C)CC(=O)N2CC[NH+](C)CC2)c2c(-c3ccccc3)csc2n1. The molecule has 1 N–H and O–H groups in total. The summed E-state index contributed by atoms with van der Waals surface area (Å²) in [5.41, 5.74) is 2.27. The number of piperazine rings is 1. The number of benzene rings is 1. The summed E-state index contributed by atoms with van der Waals surface area (Å²) in [6, 6.07) is 10.3. The first-order valence-corrected chi connectivity index (χ1v) is 10.5. The number of thiophene rings is 1. The number of quaternary nitrogens is 1. The van der Waals surface area contributed by atoms with Crippen LogP contribution in [-0.4, -0.2) is 67.6 Å². The summed E-state index contributed by atoms with van der Waals surface area (Å²) in [6.07, 6.45) is 0. The molecular formula is C21H26N5OS+. The Morgan fingerprint density at radius 2 is 1.93 bits per heavy atom. The van der Waals surface area contributed by atoms with Crippen LogP contribution in [0.4, 0.5) is 5.82 Å². The molecule has 146 valence electrons. The van der Waals surface area contributed by atoms with E-state index < -0.39 is 0 Å². The van der Waals surface area contributed by atoms with E-state index in [1.807, 2.05) is 42.0 Å². The lowest BCUT2D eigenvalue weighted by Crippen LogP contribution is -3.12. The number of aromatic nitrogens is 2. The van der Waals surface area contributed by atoms with Gasteiger partial charge in [0.2, 0.25) is 5.91 Å². The van der Waals surface area contributed by atoms with Crippen LogP contribution in [0.25, 0.3) is 21.3 Å². The Morgan fingerprint density at radius 1 is 1.21 bits per heavy atom. The summed E-state index contributed by atoms with van der Waals surface area (Å²) in [5.74, 6) is 1.72. The second-order valence-corrected chi connectivity index (χ2v) is 8.34. The smallest absolute Gasteiger partial charge is 0.242 e. The highest BCUT2D eigenvalue weighted by atomic mass is 32.1. The van der Waals surface area contributed by atoms with E-state index in [1.54, 1.807) is 11.3 Å². The molecule has 28 heavy (non-hydrogen) atoms. The second-order valence-electron chi connectivity index (χ2n) is 7.48. The zero-order valence-corrected chi connectivity index (χ0v) is 17.4. The molecule has 0 atom stereocenters.